The minimum atomic E-state index is -0.324. The largest absolute Gasteiger partial charge is 0.393 e. The number of aliphatic hydroxyl groups excluding tert-OH is 2. The number of carbonyl (C=O) groups is 1. The molecule has 0 spiro atoms. The molecule has 0 bridgehead atoms. The Morgan fingerprint density at radius 1 is 1.22 bits per heavy atom. The van der Waals surface area contributed by atoms with Gasteiger partial charge in [-0.25, -0.2) is 0 Å². The smallest absolute Gasteiger partial charge is 0.123 e. The molecule has 0 aromatic carbocycles. The maximum atomic E-state index is 11.7. The molecule has 8 atom stereocenters. The molecule has 0 radical (unpaired) electrons. The van der Waals surface area contributed by atoms with Crippen molar-refractivity contribution >= 4 is 6.29 Å². The third-order valence-corrected chi connectivity index (χ3v) is 8.27. The molecule has 4 aliphatic carbocycles. The summed E-state index contributed by atoms with van der Waals surface area (Å²) in [6, 6.07) is 0. The highest BCUT2D eigenvalue weighted by atomic mass is 16.3. The van der Waals surface area contributed by atoms with Crippen LogP contribution in [0.3, 0.4) is 0 Å². The molecule has 0 amide bonds. The summed E-state index contributed by atoms with van der Waals surface area (Å²) >= 11 is 0. The lowest BCUT2D eigenvalue weighted by Gasteiger charge is -2.58. The molecule has 3 saturated carbocycles. The van der Waals surface area contributed by atoms with Gasteiger partial charge in [0.2, 0.25) is 0 Å². The van der Waals surface area contributed by atoms with Gasteiger partial charge in [-0.15, -0.1) is 0 Å². The number of rotatable bonds is 1. The number of allylic oxidation sites excluding steroid dienone is 1. The molecule has 4 aliphatic rings. The van der Waals surface area contributed by atoms with Gasteiger partial charge in [-0.2, -0.15) is 0 Å². The lowest BCUT2D eigenvalue weighted by atomic mass is 9.47. The van der Waals surface area contributed by atoms with Gasteiger partial charge in [0.1, 0.15) is 6.29 Å². The van der Waals surface area contributed by atoms with E-state index in [0.29, 0.717) is 24.2 Å². The Morgan fingerprint density at radius 2 is 2.00 bits per heavy atom. The van der Waals surface area contributed by atoms with Crippen LogP contribution in [0.5, 0.6) is 0 Å². The molecular weight excluding hydrogens is 288 g/mol. The fourth-order valence-corrected chi connectivity index (χ4v) is 6.93. The summed E-state index contributed by atoms with van der Waals surface area (Å²) in [4.78, 5) is 11.7. The quantitative estimate of drug-likeness (QED) is 0.577. The van der Waals surface area contributed by atoms with Gasteiger partial charge in [-0.1, -0.05) is 25.5 Å². The maximum absolute atomic E-state index is 11.7. The highest BCUT2D eigenvalue weighted by Gasteiger charge is 2.61. The molecule has 0 heterocycles. The van der Waals surface area contributed by atoms with Crippen LogP contribution in [-0.4, -0.2) is 28.7 Å². The van der Waals surface area contributed by atoms with Gasteiger partial charge in [0.05, 0.1) is 12.2 Å². The summed E-state index contributed by atoms with van der Waals surface area (Å²) in [5, 5.41) is 20.6. The van der Waals surface area contributed by atoms with E-state index in [-0.39, 0.29) is 29.0 Å². The van der Waals surface area contributed by atoms with Crippen LogP contribution in [0.25, 0.3) is 0 Å². The van der Waals surface area contributed by atoms with Crippen molar-refractivity contribution in [1.29, 1.82) is 0 Å². The van der Waals surface area contributed by atoms with Crippen LogP contribution in [0.4, 0.5) is 0 Å². The summed E-state index contributed by atoms with van der Waals surface area (Å²) < 4.78 is 0. The van der Waals surface area contributed by atoms with Crippen molar-refractivity contribution < 1.29 is 15.0 Å². The van der Waals surface area contributed by atoms with E-state index < -0.39 is 0 Å². The first kappa shape index (κ1) is 15.8. The van der Waals surface area contributed by atoms with E-state index in [1.165, 1.54) is 5.57 Å². The molecule has 3 nitrogen and oxygen atoms in total. The number of carbonyl (C=O) groups excluding carboxylic acids is 1. The number of hydrogen-bond acceptors (Lipinski definition) is 3. The number of fused-ring (bicyclic) bond motifs is 5. The van der Waals surface area contributed by atoms with E-state index in [1.807, 2.05) is 0 Å². The van der Waals surface area contributed by atoms with Crippen LogP contribution in [0.15, 0.2) is 11.6 Å². The Bertz CT molecular complexity index is 541. The zero-order chi connectivity index (χ0) is 16.4. The second kappa shape index (κ2) is 5.16. The van der Waals surface area contributed by atoms with Crippen LogP contribution >= 0.6 is 0 Å². The second-order valence-corrected chi connectivity index (χ2v) is 9.17. The minimum absolute atomic E-state index is 0.0236. The van der Waals surface area contributed by atoms with Crippen molar-refractivity contribution in [2.45, 2.75) is 71.0 Å². The van der Waals surface area contributed by atoms with E-state index in [4.69, 9.17) is 0 Å². The molecule has 0 aromatic heterocycles. The molecule has 3 heteroatoms. The number of hydrogen-bond donors (Lipinski definition) is 2. The predicted octanol–water partition coefficient (Wildman–Crippen LogP) is 3.10. The van der Waals surface area contributed by atoms with Gasteiger partial charge in [0, 0.05) is 5.92 Å². The van der Waals surface area contributed by atoms with Crippen LogP contribution in [0.2, 0.25) is 0 Å². The van der Waals surface area contributed by atoms with Gasteiger partial charge >= 0.3 is 0 Å². The van der Waals surface area contributed by atoms with E-state index in [9.17, 15) is 15.0 Å². The average molecular weight is 318 g/mol. The van der Waals surface area contributed by atoms with Gasteiger partial charge in [0.15, 0.2) is 0 Å². The standard InChI is InChI=1S/C20H30O3/c1-19-7-5-14(22)10-13(19)3-4-15-16(19)6-8-20(2)17(23)9-12(11-21)18(15)20/h3,11-12,14-18,22-23H,4-10H2,1-2H3/t12?,14?,15-,16-,17?,18+,19+,20-/m1/s1. The molecule has 3 fully saturated rings. The first-order valence-electron chi connectivity index (χ1n) is 9.41. The molecule has 23 heavy (non-hydrogen) atoms. The second-order valence-electron chi connectivity index (χ2n) is 9.17. The predicted molar refractivity (Wildman–Crippen MR) is 88.7 cm³/mol. The van der Waals surface area contributed by atoms with Crippen LogP contribution in [0.1, 0.15) is 58.8 Å². The van der Waals surface area contributed by atoms with Crippen molar-refractivity contribution in [1.82, 2.24) is 0 Å². The van der Waals surface area contributed by atoms with E-state index >= 15 is 0 Å². The molecule has 0 saturated heterocycles. The van der Waals surface area contributed by atoms with Crippen LogP contribution < -0.4 is 0 Å². The van der Waals surface area contributed by atoms with Gasteiger partial charge < -0.3 is 15.0 Å². The Balaban J connectivity index is 1.72. The fourth-order valence-electron chi connectivity index (χ4n) is 6.93. The van der Waals surface area contributed by atoms with Gasteiger partial charge in [0.25, 0.3) is 0 Å². The Morgan fingerprint density at radius 3 is 2.74 bits per heavy atom. The summed E-state index contributed by atoms with van der Waals surface area (Å²) in [6.07, 6.45) is 9.68. The third kappa shape index (κ3) is 2.05. The summed E-state index contributed by atoms with van der Waals surface area (Å²) in [6.45, 7) is 4.61. The van der Waals surface area contributed by atoms with Crippen molar-refractivity contribution in [2.75, 3.05) is 0 Å². The molecular formula is C20H30O3. The highest BCUT2D eigenvalue weighted by Crippen LogP contribution is 2.65. The average Bonchev–Trinajstić information content (AvgIpc) is 2.79. The van der Waals surface area contributed by atoms with Crippen molar-refractivity contribution in [3.05, 3.63) is 11.6 Å². The highest BCUT2D eigenvalue weighted by molar-refractivity contribution is 5.56. The first-order chi connectivity index (χ1) is 10.9. The first-order valence-corrected chi connectivity index (χ1v) is 9.41. The number of aldehydes is 1. The molecule has 2 N–H and O–H groups in total. The minimum Gasteiger partial charge on any atom is -0.393 e. The van der Waals surface area contributed by atoms with Crippen molar-refractivity contribution in [3.8, 4) is 0 Å². The SMILES string of the molecule is C[C@]12CCC(O)CC1=CC[C@@H]1[C@H]2CC[C@]2(C)C(O)CC(C=O)[C@@H]12. The van der Waals surface area contributed by atoms with Gasteiger partial charge in [-0.05, 0) is 73.5 Å². The van der Waals surface area contributed by atoms with Crippen molar-refractivity contribution in [2.24, 2.45) is 34.5 Å². The van der Waals surface area contributed by atoms with E-state index in [0.717, 1.165) is 44.8 Å². The monoisotopic (exact) mass is 318 g/mol. The van der Waals surface area contributed by atoms with E-state index in [1.54, 1.807) is 0 Å². The van der Waals surface area contributed by atoms with Crippen LogP contribution in [0, 0.1) is 34.5 Å². The molecule has 4 rings (SSSR count). The lowest BCUT2D eigenvalue weighted by Crippen LogP contribution is -2.52. The molecule has 3 unspecified atom stereocenters. The Kier molecular flexibility index (Phi) is 3.55. The maximum Gasteiger partial charge on any atom is 0.123 e. The van der Waals surface area contributed by atoms with Crippen LogP contribution in [-0.2, 0) is 4.79 Å². The molecule has 0 aliphatic heterocycles. The Labute approximate surface area is 139 Å². The van der Waals surface area contributed by atoms with Gasteiger partial charge in [-0.3, -0.25) is 0 Å². The normalized spacial score (nSPS) is 55.4. The lowest BCUT2D eigenvalue weighted by molar-refractivity contribution is -0.117. The summed E-state index contributed by atoms with van der Waals surface area (Å²) in [5.74, 6) is 1.48. The fraction of sp³-hybridized carbons (Fsp3) is 0.850. The van der Waals surface area contributed by atoms with Crippen molar-refractivity contribution in [3.63, 3.8) is 0 Å². The topological polar surface area (TPSA) is 57.5 Å². The molecule has 0 aromatic rings. The Hall–Kier alpha value is -0.670. The van der Waals surface area contributed by atoms with E-state index in [2.05, 4.69) is 19.9 Å². The molecule has 128 valence electrons. The zero-order valence-corrected chi connectivity index (χ0v) is 14.4. The summed E-state index contributed by atoms with van der Waals surface area (Å²) in [7, 11) is 0. The third-order valence-electron chi connectivity index (χ3n) is 8.27. The zero-order valence-electron chi connectivity index (χ0n) is 14.4. The summed E-state index contributed by atoms with van der Waals surface area (Å²) in [5.41, 5.74) is 1.58. The number of aliphatic hydroxyl groups is 2.